The number of nitrogens with zero attached hydrogens (tertiary/aromatic N) is 1. The standard InChI is InChI=1S/C14H16F3NO3/c1-18(10-4-6-21-7-5-10)12-3-2-9(13(19)20)8-11(12)14(15,16)17/h2-3,8,10H,4-7H2,1H3,(H,19,20). The van der Waals surface area contributed by atoms with Gasteiger partial charge in [0.05, 0.1) is 11.1 Å². The van der Waals surface area contributed by atoms with Gasteiger partial charge < -0.3 is 14.7 Å². The van der Waals surface area contributed by atoms with E-state index in [4.69, 9.17) is 9.84 Å². The van der Waals surface area contributed by atoms with Crippen molar-refractivity contribution in [3.63, 3.8) is 0 Å². The molecule has 0 bridgehead atoms. The van der Waals surface area contributed by atoms with Gasteiger partial charge in [0.15, 0.2) is 0 Å². The van der Waals surface area contributed by atoms with Crippen molar-refractivity contribution in [2.24, 2.45) is 0 Å². The molecule has 1 saturated heterocycles. The summed E-state index contributed by atoms with van der Waals surface area (Å²) in [6.07, 6.45) is -3.30. The number of hydrogen-bond acceptors (Lipinski definition) is 3. The maximum absolute atomic E-state index is 13.2. The molecule has 1 aliphatic rings. The average Bonchev–Trinajstić information content (AvgIpc) is 2.46. The van der Waals surface area contributed by atoms with Gasteiger partial charge in [0.2, 0.25) is 0 Å². The Balaban J connectivity index is 2.39. The van der Waals surface area contributed by atoms with E-state index in [2.05, 4.69) is 0 Å². The molecule has 1 aromatic carbocycles. The van der Waals surface area contributed by atoms with Crippen molar-refractivity contribution in [2.75, 3.05) is 25.2 Å². The third-order valence-corrected chi connectivity index (χ3v) is 3.67. The van der Waals surface area contributed by atoms with Crippen molar-refractivity contribution in [3.05, 3.63) is 29.3 Å². The normalized spacial score (nSPS) is 16.8. The molecule has 0 aromatic heterocycles. The highest BCUT2D eigenvalue weighted by Crippen LogP contribution is 2.38. The SMILES string of the molecule is CN(c1ccc(C(=O)O)cc1C(F)(F)F)C1CCOCC1. The number of halogens is 3. The van der Waals surface area contributed by atoms with Crippen LogP contribution >= 0.6 is 0 Å². The van der Waals surface area contributed by atoms with Gasteiger partial charge >= 0.3 is 12.1 Å². The molecule has 0 amide bonds. The molecule has 0 atom stereocenters. The van der Waals surface area contributed by atoms with E-state index in [0.29, 0.717) is 32.1 Å². The Kier molecular flexibility index (Phi) is 4.41. The number of carbonyl (C=O) groups is 1. The van der Waals surface area contributed by atoms with E-state index in [-0.39, 0.29) is 17.3 Å². The molecule has 2 rings (SSSR count). The third kappa shape index (κ3) is 3.47. The maximum atomic E-state index is 13.2. The van der Waals surface area contributed by atoms with Crippen molar-refractivity contribution < 1.29 is 27.8 Å². The molecule has 4 nitrogen and oxygen atoms in total. The number of rotatable bonds is 3. The molecule has 0 spiro atoms. The number of alkyl halides is 3. The van der Waals surface area contributed by atoms with Crippen LogP contribution in [-0.2, 0) is 10.9 Å². The molecule has 1 N–H and O–H groups in total. The molecule has 1 heterocycles. The second-order valence-electron chi connectivity index (χ2n) is 4.99. The minimum absolute atomic E-state index is 0.000556. The lowest BCUT2D eigenvalue weighted by Gasteiger charge is -2.34. The van der Waals surface area contributed by atoms with Crippen molar-refractivity contribution in [2.45, 2.75) is 25.1 Å². The van der Waals surface area contributed by atoms with Gasteiger partial charge in [-0.15, -0.1) is 0 Å². The first-order valence-electron chi connectivity index (χ1n) is 6.56. The second kappa shape index (κ2) is 5.93. The number of benzene rings is 1. The van der Waals surface area contributed by atoms with E-state index in [1.165, 1.54) is 12.1 Å². The molecule has 0 radical (unpaired) electrons. The number of ether oxygens (including phenoxy) is 1. The summed E-state index contributed by atoms with van der Waals surface area (Å²) in [6, 6.07) is 3.06. The monoisotopic (exact) mass is 303 g/mol. The van der Waals surface area contributed by atoms with Gasteiger partial charge in [0, 0.05) is 32.0 Å². The number of carboxylic acids is 1. The largest absolute Gasteiger partial charge is 0.478 e. The Morgan fingerprint density at radius 1 is 1.33 bits per heavy atom. The first kappa shape index (κ1) is 15.6. The lowest BCUT2D eigenvalue weighted by atomic mass is 10.0. The highest BCUT2D eigenvalue weighted by Gasteiger charge is 2.36. The summed E-state index contributed by atoms with van der Waals surface area (Å²) in [6.45, 7) is 1.03. The number of carboxylic acid groups (broad SMARTS) is 1. The van der Waals surface area contributed by atoms with Crippen molar-refractivity contribution in [1.29, 1.82) is 0 Å². The van der Waals surface area contributed by atoms with Crippen LogP contribution in [0.4, 0.5) is 18.9 Å². The predicted octanol–water partition coefficient (Wildman–Crippen LogP) is 3.02. The number of aromatic carboxylic acids is 1. The summed E-state index contributed by atoms with van der Waals surface area (Å²) in [5, 5.41) is 8.86. The fraction of sp³-hybridized carbons (Fsp3) is 0.500. The van der Waals surface area contributed by atoms with E-state index in [0.717, 1.165) is 0 Å². The van der Waals surface area contributed by atoms with Crippen LogP contribution in [0.3, 0.4) is 0 Å². The average molecular weight is 303 g/mol. The predicted molar refractivity (Wildman–Crippen MR) is 70.6 cm³/mol. The van der Waals surface area contributed by atoms with E-state index < -0.39 is 17.7 Å². The summed E-state index contributed by atoms with van der Waals surface area (Å²) in [5.41, 5.74) is -1.29. The highest BCUT2D eigenvalue weighted by atomic mass is 19.4. The topological polar surface area (TPSA) is 49.8 Å². The van der Waals surface area contributed by atoms with Crippen LogP contribution < -0.4 is 4.90 Å². The molecule has 1 fully saturated rings. The lowest BCUT2D eigenvalue weighted by molar-refractivity contribution is -0.137. The maximum Gasteiger partial charge on any atom is 0.418 e. The lowest BCUT2D eigenvalue weighted by Crippen LogP contribution is -2.37. The molecule has 0 aliphatic carbocycles. The molecular weight excluding hydrogens is 287 g/mol. The van der Waals surface area contributed by atoms with Gasteiger partial charge in [0.25, 0.3) is 0 Å². The molecule has 0 unspecified atom stereocenters. The van der Waals surface area contributed by atoms with Gasteiger partial charge in [-0.2, -0.15) is 13.2 Å². The fourth-order valence-electron chi connectivity index (χ4n) is 2.47. The molecule has 21 heavy (non-hydrogen) atoms. The second-order valence-corrected chi connectivity index (χ2v) is 4.99. The van der Waals surface area contributed by atoms with Crippen LogP contribution in [0.25, 0.3) is 0 Å². The minimum Gasteiger partial charge on any atom is -0.478 e. The molecule has 1 aromatic rings. The Hall–Kier alpha value is -1.76. The van der Waals surface area contributed by atoms with Crippen LogP contribution in [0.1, 0.15) is 28.8 Å². The summed E-state index contributed by atoms with van der Waals surface area (Å²) in [5.74, 6) is -1.37. The Morgan fingerprint density at radius 2 is 1.95 bits per heavy atom. The zero-order valence-corrected chi connectivity index (χ0v) is 11.5. The van der Waals surface area contributed by atoms with Gasteiger partial charge in [-0.3, -0.25) is 0 Å². The van der Waals surface area contributed by atoms with E-state index in [1.807, 2.05) is 0 Å². The summed E-state index contributed by atoms with van der Waals surface area (Å²) < 4.78 is 44.7. The number of hydrogen-bond donors (Lipinski definition) is 1. The summed E-state index contributed by atoms with van der Waals surface area (Å²) >= 11 is 0. The smallest absolute Gasteiger partial charge is 0.418 e. The van der Waals surface area contributed by atoms with E-state index in [9.17, 15) is 18.0 Å². The minimum atomic E-state index is -4.60. The summed E-state index contributed by atoms with van der Waals surface area (Å²) in [4.78, 5) is 12.4. The molecular formula is C14H16F3NO3. The zero-order valence-electron chi connectivity index (χ0n) is 11.5. The van der Waals surface area contributed by atoms with Gasteiger partial charge in [-0.05, 0) is 31.0 Å². The fourth-order valence-corrected chi connectivity index (χ4v) is 2.47. The van der Waals surface area contributed by atoms with Gasteiger partial charge in [0.1, 0.15) is 0 Å². The van der Waals surface area contributed by atoms with Gasteiger partial charge in [-0.1, -0.05) is 0 Å². The highest BCUT2D eigenvalue weighted by molar-refractivity contribution is 5.88. The van der Waals surface area contributed by atoms with Crippen LogP contribution in [0.2, 0.25) is 0 Å². The zero-order chi connectivity index (χ0) is 15.6. The van der Waals surface area contributed by atoms with Crippen molar-refractivity contribution in [3.8, 4) is 0 Å². The van der Waals surface area contributed by atoms with Crippen LogP contribution in [0.5, 0.6) is 0 Å². The first-order chi connectivity index (χ1) is 9.80. The Bertz CT molecular complexity index is 525. The molecule has 7 heteroatoms. The van der Waals surface area contributed by atoms with Crippen molar-refractivity contribution >= 4 is 11.7 Å². The number of anilines is 1. The van der Waals surface area contributed by atoms with Gasteiger partial charge in [-0.25, -0.2) is 4.79 Å². The molecule has 0 saturated carbocycles. The van der Waals surface area contributed by atoms with E-state index >= 15 is 0 Å². The van der Waals surface area contributed by atoms with E-state index in [1.54, 1.807) is 11.9 Å². The molecule has 1 aliphatic heterocycles. The Morgan fingerprint density at radius 3 is 2.48 bits per heavy atom. The Labute approximate surface area is 120 Å². The quantitative estimate of drug-likeness (QED) is 0.932. The third-order valence-electron chi connectivity index (χ3n) is 3.67. The van der Waals surface area contributed by atoms with Crippen molar-refractivity contribution in [1.82, 2.24) is 0 Å². The first-order valence-corrected chi connectivity index (χ1v) is 6.56. The summed E-state index contributed by atoms with van der Waals surface area (Å²) in [7, 11) is 1.60. The van der Waals surface area contributed by atoms with Crippen LogP contribution in [-0.4, -0.2) is 37.4 Å². The van der Waals surface area contributed by atoms with Crippen LogP contribution in [0.15, 0.2) is 18.2 Å². The molecule has 116 valence electrons. The van der Waals surface area contributed by atoms with Crippen LogP contribution in [0, 0.1) is 0 Å².